The molecule has 11 heteroatoms. The summed E-state index contributed by atoms with van der Waals surface area (Å²) in [6.07, 6.45) is 6.90. The lowest BCUT2D eigenvalue weighted by molar-refractivity contribution is -0.129. The summed E-state index contributed by atoms with van der Waals surface area (Å²) in [4.78, 5) is 32.3. The van der Waals surface area contributed by atoms with Crippen LogP contribution in [0.15, 0.2) is 73.2 Å². The molecule has 0 saturated carbocycles. The van der Waals surface area contributed by atoms with Crippen LogP contribution in [0.3, 0.4) is 0 Å². The number of hydrogen-bond donors (Lipinski definition) is 4. The van der Waals surface area contributed by atoms with E-state index in [9.17, 15) is 14.0 Å². The van der Waals surface area contributed by atoms with Gasteiger partial charge in [0.05, 0.1) is 23.8 Å². The van der Waals surface area contributed by atoms with Crippen LogP contribution in [0.5, 0.6) is 0 Å². The van der Waals surface area contributed by atoms with E-state index in [0.29, 0.717) is 37.3 Å². The largest absolute Gasteiger partial charge is 0.340 e. The van der Waals surface area contributed by atoms with E-state index in [1.165, 1.54) is 18.5 Å². The Morgan fingerprint density at radius 1 is 0.878 bits per heavy atom. The highest BCUT2D eigenvalue weighted by Gasteiger charge is 2.10. The molecular weight excluding hydrogens is 525 g/mol. The predicted octanol–water partition coefficient (Wildman–Crippen LogP) is 5.70. The van der Waals surface area contributed by atoms with Gasteiger partial charge in [-0.05, 0) is 66.9 Å². The Morgan fingerprint density at radius 3 is 2.49 bits per heavy atom. The van der Waals surface area contributed by atoms with Crippen LogP contribution in [0.25, 0.3) is 21.8 Å². The summed E-state index contributed by atoms with van der Waals surface area (Å²) < 4.78 is 15.4. The lowest BCUT2D eigenvalue weighted by atomic mass is 10.1. The number of hydroxylamine groups is 1. The van der Waals surface area contributed by atoms with Crippen molar-refractivity contribution in [2.45, 2.75) is 45.1 Å². The molecular formula is C30H30FN7O3. The van der Waals surface area contributed by atoms with Crippen molar-refractivity contribution in [3.8, 4) is 0 Å². The van der Waals surface area contributed by atoms with Gasteiger partial charge < -0.3 is 10.6 Å². The maximum Gasteiger partial charge on any atom is 0.243 e. The summed E-state index contributed by atoms with van der Waals surface area (Å²) in [7, 11) is 0. The number of aromatic nitrogens is 4. The summed E-state index contributed by atoms with van der Waals surface area (Å²) in [6.45, 7) is 0.461. The SMILES string of the molecule is O=C(CCCCCCC(=O)Nc1ccc2ncnc(Nc3ccc4c(cnn4Cc4cccc(F)c4)c3)c2c1)NO. The van der Waals surface area contributed by atoms with Gasteiger partial charge in [0, 0.05) is 35.0 Å². The lowest BCUT2D eigenvalue weighted by Crippen LogP contribution is -2.17. The zero-order valence-corrected chi connectivity index (χ0v) is 22.3. The van der Waals surface area contributed by atoms with E-state index >= 15 is 0 Å². The molecule has 210 valence electrons. The Bertz CT molecular complexity index is 1690. The van der Waals surface area contributed by atoms with E-state index in [1.807, 2.05) is 47.1 Å². The highest BCUT2D eigenvalue weighted by molar-refractivity contribution is 5.97. The number of anilines is 3. The molecule has 0 radical (unpaired) electrons. The maximum atomic E-state index is 13.6. The first-order valence-electron chi connectivity index (χ1n) is 13.4. The summed E-state index contributed by atoms with van der Waals surface area (Å²) in [5, 5.41) is 21.0. The number of fused-ring (bicyclic) bond motifs is 2. The smallest absolute Gasteiger partial charge is 0.243 e. The van der Waals surface area contributed by atoms with Crippen molar-refractivity contribution in [3.05, 3.63) is 84.6 Å². The van der Waals surface area contributed by atoms with Crippen LogP contribution in [0.4, 0.5) is 21.6 Å². The van der Waals surface area contributed by atoms with Crippen molar-refractivity contribution < 1.29 is 19.2 Å². The fraction of sp³-hybridized carbons (Fsp3) is 0.233. The van der Waals surface area contributed by atoms with E-state index in [2.05, 4.69) is 25.7 Å². The first-order chi connectivity index (χ1) is 20.0. The molecule has 5 rings (SSSR count). The second-order valence-corrected chi connectivity index (χ2v) is 9.78. The van der Waals surface area contributed by atoms with Crippen LogP contribution in [-0.2, 0) is 16.1 Å². The minimum atomic E-state index is -0.397. The van der Waals surface area contributed by atoms with Gasteiger partial charge in [-0.1, -0.05) is 25.0 Å². The van der Waals surface area contributed by atoms with Crippen molar-refractivity contribution >= 4 is 50.8 Å². The molecule has 0 unspecified atom stereocenters. The van der Waals surface area contributed by atoms with Crippen LogP contribution in [0, 0.1) is 5.82 Å². The molecule has 0 saturated heterocycles. The van der Waals surface area contributed by atoms with E-state index in [-0.39, 0.29) is 18.1 Å². The fourth-order valence-electron chi connectivity index (χ4n) is 4.67. The van der Waals surface area contributed by atoms with Crippen LogP contribution in [-0.4, -0.2) is 36.8 Å². The first kappa shape index (κ1) is 27.7. The average Bonchev–Trinajstić information content (AvgIpc) is 3.36. The second-order valence-electron chi connectivity index (χ2n) is 9.78. The van der Waals surface area contributed by atoms with Gasteiger partial charge in [0.25, 0.3) is 0 Å². The highest BCUT2D eigenvalue weighted by Crippen LogP contribution is 2.28. The number of rotatable bonds is 12. The van der Waals surface area contributed by atoms with Crippen molar-refractivity contribution in [3.63, 3.8) is 0 Å². The zero-order valence-electron chi connectivity index (χ0n) is 22.3. The van der Waals surface area contributed by atoms with Crippen molar-refractivity contribution in [2.24, 2.45) is 0 Å². The molecule has 2 amide bonds. The summed E-state index contributed by atoms with van der Waals surface area (Å²) in [5.74, 6) is -0.162. The third-order valence-corrected chi connectivity index (χ3v) is 6.73. The molecule has 0 spiro atoms. The predicted molar refractivity (Wildman–Crippen MR) is 154 cm³/mol. The number of hydrogen-bond acceptors (Lipinski definition) is 7. The van der Waals surface area contributed by atoms with Crippen LogP contribution >= 0.6 is 0 Å². The van der Waals surface area contributed by atoms with Crippen LogP contribution in [0.1, 0.15) is 44.1 Å². The molecule has 0 aliphatic carbocycles. The summed E-state index contributed by atoms with van der Waals surface area (Å²) in [5.41, 5.74) is 5.57. The Morgan fingerprint density at radius 2 is 1.68 bits per heavy atom. The van der Waals surface area contributed by atoms with E-state index in [1.54, 1.807) is 17.7 Å². The normalized spacial score (nSPS) is 11.1. The molecule has 0 fully saturated rings. The van der Waals surface area contributed by atoms with Crippen LogP contribution in [0.2, 0.25) is 0 Å². The minimum Gasteiger partial charge on any atom is -0.340 e. The van der Waals surface area contributed by atoms with Gasteiger partial charge in [-0.2, -0.15) is 5.10 Å². The summed E-state index contributed by atoms with van der Waals surface area (Å²) >= 11 is 0. The molecule has 2 aromatic heterocycles. The molecule has 0 bridgehead atoms. The monoisotopic (exact) mass is 555 g/mol. The molecule has 0 aliphatic heterocycles. The number of nitrogens with one attached hydrogen (secondary N) is 3. The molecule has 2 heterocycles. The Kier molecular flexibility index (Phi) is 8.75. The van der Waals surface area contributed by atoms with Gasteiger partial charge in [0.1, 0.15) is 18.0 Å². The minimum absolute atomic E-state index is 0.0930. The molecule has 41 heavy (non-hydrogen) atoms. The van der Waals surface area contributed by atoms with E-state index in [0.717, 1.165) is 45.9 Å². The quantitative estimate of drug-likeness (QED) is 0.0882. The Hall–Kier alpha value is -4.90. The van der Waals surface area contributed by atoms with Gasteiger partial charge in [0.2, 0.25) is 11.8 Å². The number of halogens is 1. The molecule has 3 aromatic carbocycles. The number of benzene rings is 3. The number of amides is 2. The van der Waals surface area contributed by atoms with Gasteiger partial charge in [-0.3, -0.25) is 19.5 Å². The second kappa shape index (κ2) is 13.0. The zero-order chi connectivity index (χ0) is 28.6. The Labute approximate surface area is 235 Å². The fourth-order valence-corrected chi connectivity index (χ4v) is 4.67. The average molecular weight is 556 g/mol. The highest BCUT2D eigenvalue weighted by atomic mass is 19.1. The number of nitrogens with zero attached hydrogens (tertiary/aromatic N) is 4. The topological polar surface area (TPSA) is 134 Å². The van der Waals surface area contributed by atoms with Crippen molar-refractivity contribution in [2.75, 3.05) is 10.6 Å². The third-order valence-electron chi connectivity index (χ3n) is 6.73. The van der Waals surface area contributed by atoms with Crippen molar-refractivity contribution in [1.82, 2.24) is 25.2 Å². The first-order valence-corrected chi connectivity index (χ1v) is 13.4. The number of carbonyl (C=O) groups is 2. The van der Waals surface area contributed by atoms with Crippen LogP contribution < -0.4 is 16.1 Å². The maximum absolute atomic E-state index is 13.6. The van der Waals surface area contributed by atoms with E-state index < -0.39 is 5.91 Å². The van der Waals surface area contributed by atoms with E-state index in [4.69, 9.17) is 5.21 Å². The number of carbonyl (C=O) groups excluding carboxylic acids is 2. The van der Waals surface area contributed by atoms with Crippen molar-refractivity contribution in [1.29, 1.82) is 0 Å². The van der Waals surface area contributed by atoms with Gasteiger partial charge in [-0.25, -0.2) is 19.8 Å². The molecule has 0 aliphatic rings. The molecule has 10 nitrogen and oxygen atoms in total. The lowest BCUT2D eigenvalue weighted by Gasteiger charge is -2.11. The standard InChI is InChI=1S/C30H30FN7O3/c31-22-7-5-6-20(14-22)18-38-27-13-11-23(15-21(27)17-34-38)36-30-25-16-24(10-12-26(25)32-19-33-30)35-28(39)8-3-1-2-4-9-29(40)37-41/h5-7,10-17,19,41H,1-4,8-9,18H2,(H,35,39)(H,37,40)(H,32,33,36). The summed E-state index contributed by atoms with van der Waals surface area (Å²) in [6, 6.07) is 17.8. The molecule has 0 atom stereocenters. The van der Waals surface area contributed by atoms with Gasteiger partial charge >= 0.3 is 0 Å². The molecule has 4 N–H and O–H groups in total. The third kappa shape index (κ3) is 7.20. The Balaban J connectivity index is 1.23. The van der Waals surface area contributed by atoms with Gasteiger partial charge in [0.15, 0.2) is 0 Å². The number of unbranched alkanes of at least 4 members (excludes halogenated alkanes) is 3. The molecule has 5 aromatic rings. The van der Waals surface area contributed by atoms with Gasteiger partial charge in [-0.15, -0.1) is 0 Å².